The second kappa shape index (κ2) is 8.64. The summed E-state index contributed by atoms with van der Waals surface area (Å²) in [7, 11) is 0. The maximum atomic E-state index is 15.1. The molecule has 4 N–H and O–H groups in total. The second-order valence-electron chi connectivity index (χ2n) is 9.15. The Kier molecular flexibility index (Phi) is 5.65. The van der Waals surface area contributed by atoms with Crippen LogP contribution in [0.25, 0.3) is 21.9 Å². The number of hydrazone groups is 1. The minimum absolute atomic E-state index is 0.0185. The molecule has 4 atom stereocenters. The summed E-state index contributed by atoms with van der Waals surface area (Å²) in [6.45, 7) is 5.22. The van der Waals surface area contributed by atoms with Crippen molar-refractivity contribution >= 4 is 34.4 Å². The van der Waals surface area contributed by atoms with E-state index in [-0.39, 0.29) is 41.9 Å². The van der Waals surface area contributed by atoms with Crippen LogP contribution in [0.4, 0.5) is 15.9 Å². The Labute approximate surface area is 196 Å². The largest absolute Gasteiger partial charge is 0.396 e. The summed E-state index contributed by atoms with van der Waals surface area (Å²) >= 11 is 0. The molecule has 1 unspecified atom stereocenters. The number of aliphatic hydroxyl groups excluding tert-OH is 1. The lowest BCUT2D eigenvalue weighted by Gasteiger charge is -2.14. The van der Waals surface area contributed by atoms with Gasteiger partial charge in [-0.2, -0.15) is 5.10 Å². The molecule has 3 heterocycles. The van der Waals surface area contributed by atoms with Crippen LogP contribution in [-0.2, 0) is 4.79 Å². The first-order valence-electron chi connectivity index (χ1n) is 11.4. The smallest absolute Gasteiger partial charge is 0.229 e. The van der Waals surface area contributed by atoms with E-state index in [1.54, 1.807) is 24.5 Å². The van der Waals surface area contributed by atoms with E-state index in [0.717, 1.165) is 12.1 Å². The lowest BCUT2D eigenvalue weighted by molar-refractivity contribution is -0.117. The van der Waals surface area contributed by atoms with Crippen molar-refractivity contribution < 1.29 is 14.3 Å². The molecule has 5 rings (SSSR count). The highest BCUT2D eigenvalue weighted by Gasteiger charge is 2.55. The number of benzene rings is 1. The summed E-state index contributed by atoms with van der Waals surface area (Å²) in [6, 6.07) is 5.26. The fourth-order valence-corrected chi connectivity index (χ4v) is 5.08. The molecule has 9 heteroatoms. The highest BCUT2D eigenvalue weighted by molar-refractivity contribution is 6.00. The van der Waals surface area contributed by atoms with E-state index in [4.69, 9.17) is 10.8 Å². The first-order chi connectivity index (χ1) is 16.4. The zero-order valence-electron chi connectivity index (χ0n) is 19.1. The average Bonchev–Trinajstić information content (AvgIpc) is 3.27. The maximum Gasteiger partial charge on any atom is 0.229 e. The summed E-state index contributed by atoms with van der Waals surface area (Å²) in [5, 5.41) is 19.4. The Morgan fingerprint density at radius 2 is 2.15 bits per heavy atom. The SMILES string of the molecule is Cc1ccncc1-c1cc2cc(NC(=O)[C@H]3[C@H](C)[C@@H]3C3C=NN(CCO)C3)ncc2c(N)c1F. The Balaban J connectivity index is 1.37. The molecule has 1 saturated carbocycles. The van der Waals surface area contributed by atoms with Crippen molar-refractivity contribution in [2.45, 2.75) is 13.8 Å². The van der Waals surface area contributed by atoms with Crippen molar-refractivity contribution in [3.05, 3.63) is 48.2 Å². The number of amides is 1. The van der Waals surface area contributed by atoms with Gasteiger partial charge in [0.05, 0.1) is 18.8 Å². The van der Waals surface area contributed by atoms with Crippen molar-refractivity contribution in [1.29, 1.82) is 0 Å². The number of halogens is 1. The molecule has 1 aliphatic heterocycles. The Bertz CT molecular complexity index is 1300. The minimum atomic E-state index is -0.509. The number of nitrogens with two attached hydrogens (primary N) is 1. The van der Waals surface area contributed by atoms with Gasteiger partial charge in [-0.1, -0.05) is 6.92 Å². The monoisotopic (exact) mass is 462 g/mol. The summed E-state index contributed by atoms with van der Waals surface area (Å²) in [4.78, 5) is 21.4. The first-order valence-corrected chi connectivity index (χ1v) is 11.4. The second-order valence-corrected chi connectivity index (χ2v) is 9.15. The third-order valence-corrected chi connectivity index (χ3v) is 7.03. The van der Waals surface area contributed by atoms with Gasteiger partial charge in [-0.3, -0.25) is 14.8 Å². The number of nitrogens with one attached hydrogen (secondary N) is 1. The van der Waals surface area contributed by atoms with E-state index in [0.29, 0.717) is 34.3 Å². The van der Waals surface area contributed by atoms with E-state index in [9.17, 15) is 4.79 Å². The van der Waals surface area contributed by atoms with Crippen LogP contribution >= 0.6 is 0 Å². The predicted molar refractivity (Wildman–Crippen MR) is 129 cm³/mol. The lowest BCUT2D eigenvalue weighted by atomic mass is 9.98. The van der Waals surface area contributed by atoms with E-state index in [1.165, 1.54) is 6.20 Å². The van der Waals surface area contributed by atoms with Gasteiger partial charge >= 0.3 is 0 Å². The van der Waals surface area contributed by atoms with Crippen LogP contribution in [0.3, 0.4) is 0 Å². The lowest BCUT2D eigenvalue weighted by Crippen LogP contribution is -2.24. The molecule has 0 spiro atoms. The predicted octanol–water partition coefficient (Wildman–Crippen LogP) is 3.06. The van der Waals surface area contributed by atoms with Gasteiger partial charge in [-0.05, 0) is 47.9 Å². The third kappa shape index (κ3) is 3.86. The average molecular weight is 463 g/mol. The van der Waals surface area contributed by atoms with E-state index in [2.05, 4.69) is 27.3 Å². The number of nitrogen functional groups attached to an aromatic ring is 1. The standard InChI is InChI=1S/C25H27FN6O2/c1-13-3-4-28-10-18(13)17-7-15-8-20(29-11-19(15)24(27)23(17)26)31-25(34)22-14(2)21(22)16-9-30-32(12-16)5-6-33/h3-4,7-11,14,16,21-22,33H,5-6,12,27H2,1-2H3,(H,29,31,34)/t14-,16?,21-,22+/m1/s1. The number of hydrogen-bond acceptors (Lipinski definition) is 7. The number of hydrogen-bond donors (Lipinski definition) is 3. The highest BCUT2D eigenvalue weighted by Crippen LogP contribution is 2.51. The van der Waals surface area contributed by atoms with E-state index < -0.39 is 5.82 Å². The van der Waals surface area contributed by atoms with Gasteiger partial charge in [-0.15, -0.1) is 0 Å². The topological polar surface area (TPSA) is 117 Å². The Hall–Kier alpha value is -3.59. The number of anilines is 2. The molecule has 34 heavy (non-hydrogen) atoms. The van der Waals surface area contributed by atoms with Crippen molar-refractivity contribution in [2.24, 2.45) is 28.8 Å². The molecule has 2 aromatic heterocycles. The Morgan fingerprint density at radius 3 is 2.91 bits per heavy atom. The van der Waals surface area contributed by atoms with Crippen LogP contribution in [0.15, 0.2) is 41.9 Å². The number of carbonyl (C=O) groups excluding carboxylic acids is 1. The summed E-state index contributed by atoms with van der Waals surface area (Å²) in [5.41, 5.74) is 8.03. The van der Waals surface area contributed by atoms with Crippen molar-refractivity contribution in [3.63, 3.8) is 0 Å². The molecular weight excluding hydrogens is 435 g/mol. The van der Waals surface area contributed by atoms with Gasteiger partial charge in [0, 0.05) is 59.7 Å². The normalized spacial score (nSPS) is 23.5. The van der Waals surface area contributed by atoms with Gasteiger partial charge < -0.3 is 16.2 Å². The molecule has 3 aromatic rings. The maximum absolute atomic E-state index is 15.1. The van der Waals surface area contributed by atoms with Crippen molar-refractivity contribution in [3.8, 4) is 11.1 Å². The van der Waals surface area contributed by atoms with Crippen LogP contribution < -0.4 is 11.1 Å². The van der Waals surface area contributed by atoms with Gasteiger partial charge in [0.15, 0.2) is 5.82 Å². The van der Waals surface area contributed by atoms with Crippen LogP contribution in [0.1, 0.15) is 12.5 Å². The molecule has 2 aliphatic rings. The number of nitrogens with zero attached hydrogens (tertiary/aromatic N) is 4. The zero-order chi connectivity index (χ0) is 24.0. The number of β-amino-alcohol motifs (C(OH)–C–C–N with tert-alkyl or cyclic N) is 1. The minimum Gasteiger partial charge on any atom is -0.396 e. The molecule has 0 bridgehead atoms. The quantitative estimate of drug-likeness (QED) is 0.485. The number of aromatic nitrogens is 2. The number of carbonyl (C=O) groups is 1. The molecule has 1 aliphatic carbocycles. The van der Waals surface area contributed by atoms with Gasteiger partial charge in [-0.25, -0.2) is 9.37 Å². The highest BCUT2D eigenvalue weighted by atomic mass is 19.1. The summed E-state index contributed by atoms with van der Waals surface area (Å²) < 4.78 is 15.1. The van der Waals surface area contributed by atoms with Crippen molar-refractivity contribution in [2.75, 3.05) is 30.7 Å². The van der Waals surface area contributed by atoms with Crippen molar-refractivity contribution in [1.82, 2.24) is 15.0 Å². The van der Waals surface area contributed by atoms with Gasteiger partial charge in [0.1, 0.15) is 5.82 Å². The fourth-order valence-electron chi connectivity index (χ4n) is 5.08. The first kappa shape index (κ1) is 22.2. The van der Waals surface area contributed by atoms with Crippen LogP contribution in [0.2, 0.25) is 0 Å². The number of pyridine rings is 2. The fraction of sp³-hybridized carbons (Fsp3) is 0.360. The molecule has 8 nitrogen and oxygen atoms in total. The number of rotatable bonds is 6. The number of aliphatic hydroxyl groups is 1. The third-order valence-electron chi connectivity index (χ3n) is 7.03. The zero-order valence-corrected chi connectivity index (χ0v) is 19.1. The summed E-state index contributed by atoms with van der Waals surface area (Å²) in [5.74, 6) is 0.304. The molecule has 176 valence electrons. The molecule has 0 radical (unpaired) electrons. The number of fused-ring (bicyclic) bond motifs is 1. The molecule has 1 fully saturated rings. The molecule has 1 amide bonds. The molecular formula is C25H27FN6O2. The van der Waals surface area contributed by atoms with E-state index in [1.807, 2.05) is 24.2 Å². The Morgan fingerprint density at radius 1 is 1.32 bits per heavy atom. The number of aryl methyl sites for hydroxylation is 1. The van der Waals surface area contributed by atoms with Crippen LogP contribution in [0, 0.1) is 36.4 Å². The summed E-state index contributed by atoms with van der Waals surface area (Å²) in [6.07, 6.45) is 6.66. The van der Waals surface area contributed by atoms with Gasteiger partial charge in [0.25, 0.3) is 0 Å². The van der Waals surface area contributed by atoms with Gasteiger partial charge in [0.2, 0.25) is 5.91 Å². The van der Waals surface area contributed by atoms with E-state index >= 15 is 4.39 Å². The van der Waals surface area contributed by atoms with Crippen LogP contribution in [-0.4, -0.2) is 51.9 Å². The molecule has 1 aromatic carbocycles. The van der Waals surface area contributed by atoms with Crippen LogP contribution in [0.5, 0.6) is 0 Å². The molecule has 0 saturated heterocycles.